The summed E-state index contributed by atoms with van der Waals surface area (Å²) in [7, 11) is 0. The van der Waals surface area contributed by atoms with Gasteiger partial charge >= 0.3 is 11.9 Å². The summed E-state index contributed by atoms with van der Waals surface area (Å²) in [4.78, 5) is 40.4. The van der Waals surface area contributed by atoms with Crippen molar-refractivity contribution in [2.75, 3.05) is 18.5 Å². The summed E-state index contributed by atoms with van der Waals surface area (Å²) in [5, 5.41) is 3.73. The summed E-state index contributed by atoms with van der Waals surface area (Å²) >= 11 is 6.13. The lowest BCUT2D eigenvalue weighted by molar-refractivity contribution is 0.0480. The van der Waals surface area contributed by atoms with Crippen molar-refractivity contribution in [2.24, 2.45) is 0 Å². The molecule has 0 atom stereocenters. The number of aromatic nitrogens is 1. The fourth-order valence-corrected chi connectivity index (χ4v) is 3.12. The van der Waals surface area contributed by atoms with Crippen molar-refractivity contribution in [2.45, 2.75) is 20.8 Å². The first-order chi connectivity index (χ1) is 13.9. The fraction of sp³-hybridized carbons (Fsp3) is 0.250. The fourth-order valence-electron chi connectivity index (χ4n) is 2.89. The van der Waals surface area contributed by atoms with Crippen LogP contribution in [0.4, 0.5) is 5.88 Å². The molecule has 9 heteroatoms. The van der Waals surface area contributed by atoms with Gasteiger partial charge in [0.15, 0.2) is 0 Å². The van der Waals surface area contributed by atoms with Crippen molar-refractivity contribution in [3.8, 4) is 0 Å². The molecule has 0 saturated carbocycles. The maximum Gasteiger partial charge on any atom is 0.344 e. The van der Waals surface area contributed by atoms with Gasteiger partial charge in [-0.15, -0.1) is 0 Å². The predicted octanol–water partition coefficient (Wildman–Crippen LogP) is 4.33. The number of para-hydroxylation sites is 1. The van der Waals surface area contributed by atoms with E-state index in [1.54, 1.807) is 38.1 Å². The minimum absolute atomic E-state index is 0.0826. The first-order valence-electron chi connectivity index (χ1n) is 8.93. The van der Waals surface area contributed by atoms with Crippen LogP contribution in [-0.2, 0) is 9.47 Å². The SMILES string of the molecule is CCOC(=O)c1c(C)oc(NC(=O)c2cc3cccc(Cl)c3[nH]2)c1C(=O)OCC. The minimum atomic E-state index is -0.803. The molecule has 0 radical (unpaired) electrons. The maximum absolute atomic E-state index is 12.7. The summed E-state index contributed by atoms with van der Waals surface area (Å²) in [6.07, 6.45) is 0. The largest absolute Gasteiger partial charge is 0.462 e. The van der Waals surface area contributed by atoms with Crippen LogP contribution in [0.15, 0.2) is 28.7 Å². The van der Waals surface area contributed by atoms with Crippen LogP contribution in [0.5, 0.6) is 0 Å². The number of carbonyl (C=O) groups is 3. The number of hydrogen-bond donors (Lipinski definition) is 2. The predicted molar refractivity (Wildman–Crippen MR) is 107 cm³/mol. The van der Waals surface area contributed by atoms with Crippen LogP contribution >= 0.6 is 11.6 Å². The number of aromatic amines is 1. The molecule has 2 aromatic heterocycles. The van der Waals surface area contributed by atoms with E-state index >= 15 is 0 Å². The number of aryl methyl sites for hydroxylation is 1. The average Bonchev–Trinajstić information content (AvgIpc) is 3.24. The highest BCUT2D eigenvalue weighted by atomic mass is 35.5. The standard InChI is InChI=1S/C20H19ClN2O6/c1-4-27-19(25)14-10(3)29-18(15(14)20(26)28-5-2)23-17(24)13-9-11-7-6-8-12(21)16(11)22-13/h6-9,22H,4-5H2,1-3H3,(H,23,24). The van der Waals surface area contributed by atoms with Crippen LogP contribution in [0.2, 0.25) is 5.02 Å². The van der Waals surface area contributed by atoms with E-state index in [0.717, 1.165) is 5.39 Å². The Morgan fingerprint density at radius 1 is 1.10 bits per heavy atom. The molecule has 1 aromatic carbocycles. The van der Waals surface area contributed by atoms with Crippen LogP contribution in [-0.4, -0.2) is 36.0 Å². The van der Waals surface area contributed by atoms with Gasteiger partial charge in [-0.2, -0.15) is 0 Å². The normalized spacial score (nSPS) is 10.8. The molecule has 0 aliphatic heterocycles. The molecule has 0 aliphatic rings. The molecule has 0 unspecified atom stereocenters. The lowest BCUT2D eigenvalue weighted by Gasteiger charge is -2.06. The van der Waals surface area contributed by atoms with Crippen molar-refractivity contribution in [1.29, 1.82) is 0 Å². The first-order valence-corrected chi connectivity index (χ1v) is 9.31. The number of fused-ring (bicyclic) bond motifs is 1. The molecule has 0 fully saturated rings. The topological polar surface area (TPSA) is 111 Å². The zero-order valence-corrected chi connectivity index (χ0v) is 16.8. The Hall–Kier alpha value is -3.26. The molecule has 2 heterocycles. The van der Waals surface area contributed by atoms with E-state index in [0.29, 0.717) is 10.5 Å². The van der Waals surface area contributed by atoms with Crippen LogP contribution < -0.4 is 5.32 Å². The lowest BCUT2D eigenvalue weighted by atomic mass is 10.1. The van der Waals surface area contributed by atoms with Gasteiger partial charge in [0.2, 0.25) is 5.88 Å². The third-order valence-corrected chi connectivity index (χ3v) is 4.44. The number of nitrogens with one attached hydrogen (secondary N) is 2. The van der Waals surface area contributed by atoms with Gasteiger partial charge in [-0.05, 0) is 32.9 Å². The molecule has 1 amide bonds. The number of H-pyrrole nitrogens is 1. The number of esters is 2. The zero-order chi connectivity index (χ0) is 21.1. The van der Waals surface area contributed by atoms with Gasteiger partial charge < -0.3 is 18.9 Å². The number of amides is 1. The molecule has 8 nitrogen and oxygen atoms in total. The molecule has 0 spiro atoms. The van der Waals surface area contributed by atoms with E-state index in [1.165, 1.54) is 6.92 Å². The molecule has 3 rings (SSSR count). The number of carbonyl (C=O) groups excluding carboxylic acids is 3. The molecular weight excluding hydrogens is 400 g/mol. The summed E-state index contributed by atoms with van der Waals surface area (Å²) in [5.74, 6) is -2.19. The zero-order valence-electron chi connectivity index (χ0n) is 16.1. The number of hydrogen-bond acceptors (Lipinski definition) is 6. The summed E-state index contributed by atoms with van der Waals surface area (Å²) in [6.45, 7) is 4.96. The Bertz CT molecular complexity index is 1100. The molecule has 3 aromatic rings. The third kappa shape index (κ3) is 3.97. The van der Waals surface area contributed by atoms with Crippen molar-refractivity contribution >= 4 is 46.2 Å². The highest BCUT2D eigenvalue weighted by Gasteiger charge is 2.31. The van der Waals surface area contributed by atoms with Gasteiger partial charge in [-0.25, -0.2) is 9.59 Å². The molecule has 0 aliphatic carbocycles. The Morgan fingerprint density at radius 3 is 2.38 bits per heavy atom. The van der Waals surface area contributed by atoms with Crippen molar-refractivity contribution in [3.63, 3.8) is 0 Å². The van der Waals surface area contributed by atoms with Gasteiger partial charge in [0.1, 0.15) is 22.6 Å². The van der Waals surface area contributed by atoms with Crippen LogP contribution in [0.25, 0.3) is 10.9 Å². The number of rotatable bonds is 6. The number of furan rings is 1. The quantitative estimate of drug-likeness (QED) is 0.576. The molecule has 2 N–H and O–H groups in total. The second-order valence-electron chi connectivity index (χ2n) is 6.02. The lowest BCUT2D eigenvalue weighted by Crippen LogP contribution is -2.17. The Kier molecular flexibility index (Phi) is 5.93. The number of ether oxygens (including phenoxy) is 2. The minimum Gasteiger partial charge on any atom is -0.462 e. The maximum atomic E-state index is 12.7. The monoisotopic (exact) mass is 418 g/mol. The van der Waals surface area contributed by atoms with Crippen molar-refractivity contribution in [1.82, 2.24) is 4.98 Å². The first kappa shape index (κ1) is 20.5. The van der Waals surface area contributed by atoms with Crippen LogP contribution in [0.3, 0.4) is 0 Å². The van der Waals surface area contributed by atoms with Crippen LogP contribution in [0.1, 0.15) is 50.8 Å². The highest BCUT2D eigenvalue weighted by Crippen LogP contribution is 2.30. The Labute approximate surface area is 171 Å². The Morgan fingerprint density at radius 2 is 1.76 bits per heavy atom. The number of anilines is 1. The smallest absolute Gasteiger partial charge is 0.344 e. The van der Waals surface area contributed by atoms with Gasteiger partial charge in [-0.3, -0.25) is 10.1 Å². The van der Waals surface area contributed by atoms with E-state index in [4.69, 9.17) is 25.5 Å². The molecule has 29 heavy (non-hydrogen) atoms. The molecule has 0 saturated heterocycles. The number of halogens is 1. The second kappa shape index (κ2) is 8.40. The van der Waals surface area contributed by atoms with Crippen LogP contribution in [0, 0.1) is 6.92 Å². The van der Waals surface area contributed by atoms with E-state index in [9.17, 15) is 14.4 Å². The third-order valence-electron chi connectivity index (χ3n) is 4.12. The van der Waals surface area contributed by atoms with Gasteiger partial charge in [-0.1, -0.05) is 23.7 Å². The summed E-state index contributed by atoms with van der Waals surface area (Å²) in [5.41, 5.74) is 0.535. The molecular formula is C20H19ClN2O6. The van der Waals surface area contributed by atoms with E-state index in [2.05, 4.69) is 10.3 Å². The summed E-state index contributed by atoms with van der Waals surface area (Å²) in [6, 6.07) is 6.88. The van der Waals surface area contributed by atoms with Gasteiger partial charge in [0.25, 0.3) is 5.91 Å². The average molecular weight is 419 g/mol. The molecule has 152 valence electrons. The number of benzene rings is 1. The van der Waals surface area contributed by atoms with Crippen molar-refractivity contribution in [3.05, 3.63) is 51.9 Å². The van der Waals surface area contributed by atoms with Crippen molar-refractivity contribution < 1.29 is 28.3 Å². The van der Waals surface area contributed by atoms with E-state index < -0.39 is 17.8 Å². The molecule has 0 bridgehead atoms. The van der Waals surface area contributed by atoms with E-state index in [-0.39, 0.29) is 41.7 Å². The Balaban J connectivity index is 1.99. The highest BCUT2D eigenvalue weighted by molar-refractivity contribution is 6.35. The van der Waals surface area contributed by atoms with E-state index in [1.807, 2.05) is 0 Å². The summed E-state index contributed by atoms with van der Waals surface area (Å²) < 4.78 is 15.5. The van der Waals surface area contributed by atoms with Gasteiger partial charge in [0.05, 0.1) is 23.8 Å². The second-order valence-corrected chi connectivity index (χ2v) is 6.43. The van der Waals surface area contributed by atoms with Gasteiger partial charge in [0, 0.05) is 5.39 Å².